The molecule has 1 atom stereocenters. The van der Waals surface area contributed by atoms with E-state index in [-0.39, 0.29) is 0 Å². The molecule has 2 rings (SSSR count). The summed E-state index contributed by atoms with van der Waals surface area (Å²) in [6.07, 6.45) is 5.52. The van der Waals surface area contributed by atoms with Crippen molar-refractivity contribution in [2.24, 2.45) is 5.92 Å². The monoisotopic (exact) mass is 138 g/mol. The third-order valence-corrected chi connectivity index (χ3v) is 2.21. The fourth-order valence-corrected chi connectivity index (χ4v) is 1.44. The van der Waals surface area contributed by atoms with Crippen LogP contribution in [0.15, 0.2) is 0 Å². The topological polar surface area (TPSA) is 20.3 Å². The van der Waals surface area contributed by atoms with Gasteiger partial charge >= 0.3 is 0 Å². The molecule has 1 heterocycles. The Balaban J connectivity index is 1.90. The lowest BCUT2D eigenvalue weighted by molar-refractivity contribution is -0.131. The average Bonchev–Trinajstić information content (AvgIpc) is 2.65. The first-order chi connectivity index (χ1) is 4.88. The summed E-state index contributed by atoms with van der Waals surface area (Å²) in [6.45, 7) is 2.01. The van der Waals surface area contributed by atoms with Crippen molar-refractivity contribution in [3.8, 4) is 0 Å². The van der Waals surface area contributed by atoms with Crippen molar-refractivity contribution in [3.63, 3.8) is 0 Å². The minimum atomic E-state index is 0.304. The van der Waals surface area contributed by atoms with Gasteiger partial charge in [0.05, 0.1) is 0 Å². The van der Waals surface area contributed by atoms with E-state index in [1.807, 2.05) is 4.90 Å². The number of nitrogens with zero attached hydrogens (tertiary/aromatic N) is 1. The van der Waals surface area contributed by atoms with Gasteiger partial charge in [-0.1, -0.05) is 0 Å². The maximum absolute atomic E-state index is 11.3. The molecule has 1 radical (unpaired) electrons. The highest BCUT2D eigenvalue weighted by Gasteiger charge is 2.34. The number of amides is 1. The van der Waals surface area contributed by atoms with Gasteiger partial charge in [0.1, 0.15) is 0 Å². The number of carbonyl (C=O) groups excluding carboxylic acids is 1. The van der Waals surface area contributed by atoms with Crippen LogP contribution in [0.25, 0.3) is 0 Å². The van der Waals surface area contributed by atoms with Crippen LogP contribution < -0.4 is 0 Å². The first-order valence-electron chi connectivity index (χ1n) is 4.00. The molecular formula is C8H12NO. The molecule has 0 spiro atoms. The van der Waals surface area contributed by atoms with Gasteiger partial charge in [-0.15, -0.1) is 0 Å². The molecule has 0 bridgehead atoms. The van der Waals surface area contributed by atoms with E-state index < -0.39 is 0 Å². The lowest BCUT2D eigenvalue weighted by Crippen LogP contribution is -2.28. The van der Waals surface area contributed by atoms with Gasteiger partial charge in [0.2, 0.25) is 5.91 Å². The fraction of sp³-hybridized carbons (Fsp3) is 0.750. The molecule has 0 aromatic heterocycles. The summed E-state index contributed by atoms with van der Waals surface area (Å²) in [5.41, 5.74) is 0. The first kappa shape index (κ1) is 6.20. The molecule has 10 heavy (non-hydrogen) atoms. The van der Waals surface area contributed by atoms with Crippen molar-refractivity contribution in [1.29, 1.82) is 0 Å². The molecule has 2 fully saturated rings. The quantitative estimate of drug-likeness (QED) is 0.525. The summed E-state index contributed by atoms with van der Waals surface area (Å²) in [7, 11) is 0. The molecular weight excluding hydrogens is 126 g/mol. The molecule has 0 aromatic rings. The molecule has 1 amide bonds. The van der Waals surface area contributed by atoms with E-state index in [2.05, 4.69) is 6.42 Å². The van der Waals surface area contributed by atoms with Gasteiger partial charge < -0.3 is 4.90 Å². The predicted molar refractivity (Wildman–Crippen MR) is 38.2 cm³/mol. The first-order valence-corrected chi connectivity index (χ1v) is 4.00. The van der Waals surface area contributed by atoms with Crippen molar-refractivity contribution in [2.75, 3.05) is 13.1 Å². The molecule has 1 aliphatic carbocycles. The van der Waals surface area contributed by atoms with Crippen LogP contribution in [0.1, 0.15) is 19.3 Å². The van der Waals surface area contributed by atoms with Crippen molar-refractivity contribution < 1.29 is 4.79 Å². The van der Waals surface area contributed by atoms with Crippen LogP contribution in [0.5, 0.6) is 0 Å². The van der Waals surface area contributed by atoms with E-state index in [1.54, 1.807) is 0 Å². The van der Waals surface area contributed by atoms with Crippen LogP contribution in [0.2, 0.25) is 0 Å². The lowest BCUT2D eigenvalue weighted by Gasteiger charge is -2.13. The van der Waals surface area contributed by atoms with Crippen molar-refractivity contribution in [1.82, 2.24) is 4.90 Å². The van der Waals surface area contributed by atoms with Crippen LogP contribution >= 0.6 is 0 Å². The lowest BCUT2D eigenvalue weighted by atomic mass is 10.3. The Kier molecular flexibility index (Phi) is 1.40. The van der Waals surface area contributed by atoms with Gasteiger partial charge in [0.25, 0.3) is 0 Å². The Bertz CT molecular complexity index is 145. The molecule has 0 N–H and O–H groups in total. The average molecular weight is 138 g/mol. The smallest absolute Gasteiger partial charge is 0.225 e. The molecule has 1 aliphatic heterocycles. The molecule has 2 heteroatoms. The van der Waals surface area contributed by atoms with Crippen molar-refractivity contribution in [2.45, 2.75) is 19.3 Å². The van der Waals surface area contributed by atoms with E-state index in [0.29, 0.717) is 11.8 Å². The van der Waals surface area contributed by atoms with Gasteiger partial charge in [-0.2, -0.15) is 0 Å². The van der Waals surface area contributed by atoms with Crippen LogP contribution in [0, 0.1) is 12.3 Å². The Morgan fingerprint density at radius 1 is 1.40 bits per heavy atom. The number of carbonyl (C=O) groups is 1. The van der Waals surface area contributed by atoms with Crippen molar-refractivity contribution >= 4 is 5.91 Å². The Morgan fingerprint density at radius 2 is 2.00 bits per heavy atom. The number of likely N-dealkylation sites (tertiary alicyclic amines) is 1. The van der Waals surface area contributed by atoms with E-state index in [4.69, 9.17) is 0 Å². The second-order valence-electron chi connectivity index (χ2n) is 3.11. The van der Waals surface area contributed by atoms with Crippen molar-refractivity contribution in [3.05, 3.63) is 6.42 Å². The third kappa shape index (κ3) is 1.02. The number of hydrogen-bond acceptors (Lipinski definition) is 1. The zero-order chi connectivity index (χ0) is 6.97. The number of rotatable bonds is 1. The summed E-state index contributed by atoms with van der Waals surface area (Å²) in [6, 6.07) is 0. The number of hydrogen-bond donors (Lipinski definition) is 0. The van der Waals surface area contributed by atoms with E-state index in [9.17, 15) is 4.79 Å². The second kappa shape index (κ2) is 2.26. The molecule has 55 valence electrons. The fourth-order valence-electron chi connectivity index (χ4n) is 1.44. The Morgan fingerprint density at radius 3 is 2.50 bits per heavy atom. The minimum absolute atomic E-state index is 0.304. The molecule has 1 saturated heterocycles. The molecule has 0 aromatic carbocycles. The normalized spacial score (nSPS) is 25.4. The SMILES string of the molecule is O=C(C1[CH]C1)N1CCCC1. The van der Waals surface area contributed by atoms with Gasteiger partial charge in [0, 0.05) is 19.0 Å². The summed E-state index contributed by atoms with van der Waals surface area (Å²) < 4.78 is 0. The van der Waals surface area contributed by atoms with Crippen LogP contribution in [0.3, 0.4) is 0 Å². The van der Waals surface area contributed by atoms with E-state index in [1.165, 1.54) is 12.8 Å². The van der Waals surface area contributed by atoms with Crippen LogP contribution in [-0.2, 0) is 4.79 Å². The molecule has 1 unspecified atom stereocenters. The predicted octanol–water partition coefficient (Wildman–Crippen LogP) is 0.833. The van der Waals surface area contributed by atoms with Gasteiger partial charge in [-0.05, 0) is 25.7 Å². The molecule has 2 nitrogen and oxygen atoms in total. The zero-order valence-corrected chi connectivity index (χ0v) is 6.05. The largest absolute Gasteiger partial charge is 0.342 e. The maximum atomic E-state index is 11.3. The molecule has 1 saturated carbocycles. The highest BCUT2D eigenvalue weighted by molar-refractivity contribution is 5.83. The molecule has 2 aliphatic rings. The third-order valence-electron chi connectivity index (χ3n) is 2.21. The van der Waals surface area contributed by atoms with Crippen LogP contribution in [-0.4, -0.2) is 23.9 Å². The summed E-state index contributed by atoms with van der Waals surface area (Å²) in [5.74, 6) is 0.676. The van der Waals surface area contributed by atoms with Crippen LogP contribution in [0.4, 0.5) is 0 Å². The highest BCUT2D eigenvalue weighted by Crippen LogP contribution is 2.30. The summed E-state index contributed by atoms with van der Waals surface area (Å²) >= 11 is 0. The maximum Gasteiger partial charge on any atom is 0.225 e. The van der Waals surface area contributed by atoms with E-state index >= 15 is 0 Å². The Labute approximate surface area is 61.2 Å². The standard InChI is InChI=1S/C8H12NO/c10-8(7-3-4-7)9-5-1-2-6-9/h3,7H,1-2,4-6H2. The zero-order valence-electron chi connectivity index (χ0n) is 6.05. The Hall–Kier alpha value is -0.530. The minimum Gasteiger partial charge on any atom is -0.342 e. The van der Waals surface area contributed by atoms with Gasteiger partial charge in [0.15, 0.2) is 0 Å². The van der Waals surface area contributed by atoms with E-state index in [0.717, 1.165) is 19.5 Å². The van der Waals surface area contributed by atoms with Gasteiger partial charge in [-0.3, -0.25) is 4.79 Å². The summed E-state index contributed by atoms with van der Waals surface area (Å²) in [5, 5.41) is 0. The van der Waals surface area contributed by atoms with Gasteiger partial charge in [-0.25, -0.2) is 0 Å². The second-order valence-corrected chi connectivity index (χ2v) is 3.11. The summed E-state index contributed by atoms with van der Waals surface area (Å²) in [4.78, 5) is 13.3. The highest BCUT2D eigenvalue weighted by atomic mass is 16.2.